The fourth-order valence-electron chi connectivity index (χ4n) is 2.21. The molecule has 0 aromatic carbocycles. The second kappa shape index (κ2) is 6.30. The monoisotopic (exact) mass is 296 g/mol. The summed E-state index contributed by atoms with van der Waals surface area (Å²) in [6, 6.07) is 0. The van der Waals surface area contributed by atoms with Gasteiger partial charge in [0.05, 0.1) is 18.7 Å². The second-order valence-corrected chi connectivity index (χ2v) is 6.38. The summed E-state index contributed by atoms with van der Waals surface area (Å²) in [6.45, 7) is 2.76. The molecule has 118 valence electrons. The van der Waals surface area contributed by atoms with Gasteiger partial charge in [0.25, 0.3) is 0 Å². The first-order valence-corrected chi connectivity index (χ1v) is 6.78. The van der Waals surface area contributed by atoms with Crippen LogP contribution in [0.1, 0.15) is 39.5 Å². The molecule has 1 amide bonds. The molecule has 1 fully saturated rings. The van der Waals surface area contributed by atoms with Gasteiger partial charge >= 0.3 is 6.18 Å². The normalized spacial score (nSPS) is 21.5. The van der Waals surface area contributed by atoms with Crippen molar-refractivity contribution in [3.63, 3.8) is 0 Å². The van der Waals surface area contributed by atoms with Gasteiger partial charge in [0.1, 0.15) is 0 Å². The van der Waals surface area contributed by atoms with Crippen molar-refractivity contribution >= 4 is 5.91 Å². The molecule has 1 rings (SSSR count). The van der Waals surface area contributed by atoms with Gasteiger partial charge in [-0.1, -0.05) is 13.8 Å². The third-order valence-electron chi connectivity index (χ3n) is 3.76. The lowest BCUT2D eigenvalue weighted by molar-refractivity contribution is -0.129. The Kier molecular flexibility index (Phi) is 5.43. The third-order valence-corrected chi connectivity index (χ3v) is 3.76. The minimum absolute atomic E-state index is 0.0929. The van der Waals surface area contributed by atoms with Crippen molar-refractivity contribution in [1.82, 2.24) is 10.6 Å². The van der Waals surface area contributed by atoms with Gasteiger partial charge in [0, 0.05) is 6.54 Å². The SMILES string of the molecule is CC1(C)CCC(O)(CNC(=O)CNCC(F)(F)F)CC1. The van der Waals surface area contributed by atoms with E-state index in [1.807, 2.05) is 5.32 Å². The van der Waals surface area contributed by atoms with Crippen LogP contribution in [0.15, 0.2) is 0 Å². The van der Waals surface area contributed by atoms with Gasteiger partial charge in [-0.2, -0.15) is 13.2 Å². The van der Waals surface area contributed by atoms with Crippen LogP contribution in [0.4, 0.5) is 13.2 Å². The molecule has 1 aliphatic rings. The molecule has 0 atom stereocenters. The molecule has 0 aromatic heterocycles. The number of hydrogen-bond donors (Lipinski definition) is 3. The van der Waals surface area contributed by atoms with E-state index in [-0.39, 0.29) is 12.0 Å². The molecule has 0 radical (unpaired) electrons. The third kappa shape index (κ3) is 6.56. The Labute approximate surface area is 117 Å². The first-order valence-electron chi connectivity index (χ1n) is 6.78. The van der Waals surface area contributed by atoms with Gasteiger partial charge in [0.2, 0.25) is 5.91 Å². The number of alkyl halides is 3. The maximum Gasteiger partial charge on any atom is 0.401 e. The molecule has 0 heterocycles. The summed E-state index contributed by atoms with van der Waals surface area (Å²) in [6.07, 6.45) is -1.41. The average Bonchev–Trinajstić information content (AvgIpc) is 2.30. The highest BCUT2D eigenvalue weighted by Crippen LogP contribution is 2.39. The van der Waals surface area contributed by atoms with Crippen molar-refractivity contribution < 1.29 is 23.1 Å². The van der Waals surface area contributed by atoms with E-state index in [0.717, 1.165) is 12.8 Å². The molecular weight excluding hydrogens is 273 g/mol. The van der Waals surface area contributed by atoms with Crippen LogP contribution in [0, 0.1) is 5.41 Å². The number of halogens is 3. The van der Waals surface area contributed by atoms with E-state index < -0.39 is 30.8 Å². The summed E-state index contributed by atoms with van der Waals surface area (Å²) in [7, 11) is 0. The van der Waals surface area contributed by atoms with Crippen molar-refractivity contribution in [1.29, 1.82) is 0 Å². The standard InChI is InChI=1S/C13H23F3N2O2/c1-11(2)3-5-12(20,6-4-11)8-18-10(19)7-17-9-13(14,15)16/h17,20H,3-9H2,1-2H3,(H,18,19). The van der Waals surface area contributed by atoms with Gasteiger partial charge in [-0.15, -0.1) is 0 Å². The predicted molar refractivity (Wildman–Crippen MR) is 69.1 cm³/mol. The summed E-state index contributed by atoms with van der Waals surface area (Å²) in [4.78, 5) is 11.4. The Morgan fingerprint density at radius 1 is 1.20 bits per heavy atom. The van der Waals surface area contributed by atoms with Gasteiger partial charge in [-0.3, -0.25) is 4.79 Å². The maximum atomic E-state index is 11.9. The highest BCUT2D eigenvalue weighted by Gasteiger charge is 2.36. The second-order valence-electron chi connectivity index (χ2n) is 6.38. The van der Waals surface area contributed by atoms with Crippen molar-refractivity contribution in [3.8, 4) is 0 Å². The number of hydrogen-bond acceptors (Lipinski definition) is 3. The van der Waals surface area contributed by atoms with E-state index in [9.17, 15) is 23.1 Å². The summed E-state index contributed by atoms with van der Waals surface area (Å²) in [5, 5.41) is 14.8. The van der Waals surface area contributed by atoms with Crippen molar-refractivity contribution in [2.75, 3.05) is 19.6 Å². The largest absolute Gasteiger partial charge is 0.401 e. The van der Waals surface area contributed by atoms with Crippen molar-refractivity contribution in [2.24, 2.45) is 5.41 Å². The predicted octanol–water partition coefficient (Wildman–Crippen LogP) is 1.59. The molecule has 7 heteroatoms. The number of nitrogens with one attached hydrogen (secondary N) is 2. The highest BCUT2D eigenvalue weighted by atomic mass is 19.4. The van der Waals surface area contributed by atoms with Crippen LogP contribution in [0.2, 0.25) is 0 Å². The molecule has 0 spiro atoms. The summed E-state index contributed by atoms with van der Waals surface area (Å²) in [5.74, 6) is -0.535. The minimum atomic E-state index is -4.33. The Balaban J connectivity index is 2.24. The van der Waals surface area contributed by atoms with E-state index in [2.05, 4.69) is 19.2 Å². The van der Waals surface area contributed by atoms with Crippen molar-refractivity contribution in [2.45, 2.75) is 51.3 Å². The van der Waals surface area contributed by atoms with Gasteiger partial charge < -0.3 is 15.7 Å². The van der Waals surface area contributed by atoms with Crippen LogP contribution in [-0.2, 0) is 4.79 Å². The highest BCUT2D eigenvalue weighted by molar-refractivity contribution is 5.78. The smallest absolute Gasteiger partial charge is 0.388 e. The Hall–Kier alpha value is -0.820. The van der Waals surface area contributed by atoms with E-state index in [1.165, 1.54) is 0 Å². The minimum Gasteiger partial charge on any atom is -0.388 e. The van der Waals surface area contributed by atoms with Gasteiger partial charge in [-0.25, -0.2) is 0 Å². The van der Waals surface area contributed by atoms with Crippen LogP contribution < -0.4 is 10.6 Å². The number of carbonyl (C=O) groups excluding carboxylic acids is 1. The van der Waals surface area contributed by atoms with Crippen LogP contribution in [-0.4, -0.2) is 42.4 Å². The average molecular weight is 296 g/mol. The van der Waals surface area contributed by atoms with Crippen molar-refractivity contribution in [3.05, 3.63) is 0 Å². The Bertz CT molecular complexity index is 333. The summed E-state index contributed by atoms with van der Waals surface area (Å²) >= 11 is 0. The lowest BCUT2D eigenvalue weighted by Gasteiger charge is -2.40. The number of rotatable bonds is 5. The van der Waals surface area contributed by atoms with Crippen LogP contribution in [0.25, 0.3) is 0 Å². The lowest BCUT2D eigenvalue weighted by atomic mass is 9.71. The summed E-state index contributed by atoms with van der Waals surface area (Å²) in [5.41, 5.74) is -0.736. The van der Waals surface area contributed by atoms with E-state index in [4.69, 9.17) is 0 Å². The lowest BCUT2D eigenvalue weighted by Crippen LogP contribution is -2.48. The molecule has 1 saturated carbocycles. The zero-order chi connectivity index (χ0) is 15.4. The molecule has 0 aromatic rings. The molecule has 0 unspecified atom stereocenters. The Morgan fingerprint density at radius 3 is 2.25 bits per heavy atom. The topological polar surface area (TPSA) is 61.4 Å². The fourth-order valence-corrected chi connectivity index (χ4v) is 2.21. The summed E-state index contributed by atoms with van der Waals surface area (Å²) < 4.78 is 35.6. The zero-order valence-electron chi connectivity index (χ0n) is 11.9. The zero-order valence-corrected chi connectivity index (χ0v) is 11.9. The van der Waals surface area contributed by atoms with Crippen LogP contribution in [0.3, 0.4) is 0 Å². The quantitative estimate of drug-likeness (QED) is 0.722. The maximum absolute atomic E-state index is 11.9. The van der Waals surface area contributed by atoms with Gasteiger partial charge in [-0.05, 0) is 31.1 Å². The van der Waals surface area contributed by atoms with E-state index in [0.29, 0.717) is 12.8 Å². The molecular formula is C13H23F3N2O2. The molecule has 4 nitrogen and oxygen atoms in total. The van der Waals surface area contributed by atoms with Gasteiger partial charge in [0.15, 0.2) is 0 Å². The molecule has 0 saturated heterocycles. The molecule has 0 aliphatic heterocycles. The number of amides is 1. The van der Waals surface area contributed by atoms with Crippen LogP contribution in [0.5, 0.6) is 0 Å². The first-order chi connectivity index (χ1) is 9.02. The molecule has 20 heavy (non-hydrogen) atoms. The number of carbonyl (C=O) groups is 1. The molecule has 1 aliphatic carbocycles. The first kappa shape index (κ1) is 17.2. The molecule has 3 N–H and O–H groups in total. The number of aliphatic hydroxyl groups is 1. The van der Waals surface area contributed by atoms with Crippen LogP contribution >= 0.6 is 0 Å². The Morgan fingerprint density at radius 2 is 1.75 bits per heavy atom. The fraction of sp³-hybridized carbons (Fsp3) is 0.923. The van der Waals surface area contributed by atoms with E-state index >= 15 is 0 Å². The van der Waals surface area contributed by atoms with E-state index in [1.54, 1.807) is 0 Å². The molecule has 0 bridgehead atoms.